The summed E-state index contributed by atoms with van der Waals surface area (Å²) in [5.41, 5.74) is 0.903. The third kappa shape index (κ3) is 1.77. The third-order valence-electron chi connectivity index (χ3n) is 2.49. The average Bonchev–Trinajstić information content (AvgIpc) is 2.67. The van der Waals surface area contributed by atoms with E-state index in [9.17, 15) is 4.79 Å². The van der Waals surface area contributed by atoms with Gasteiger partial charge in [0.15, 0.2) is 5.65 Å². The van der Waals surface area contributed by atoms with Gasteiger partial charge in [0, 0.05) is 11.2 Å². The Labute approximate surface area is 111 Å². The molecule has 3 rings (SSSR count). The summed E-state index contributed by atoms with van der Waals surface area (Å²) in [6, 6.07) is 7.00. The molecule has 0 amide bonds. The Balaban J connectivity index is 2.32. The third-order valence-corrected chi connectivity index (χ3v) is 2.93. The molecule has 0 fully saturated rings. The molecule has 5 nitrogen and oxygen atoms in total. The quantitative estimate of drug-likeness (QED) is 0.697. The number of nitrogens with one attached hydrogen (secondary N) is 1. The van der Waals surface area contributed by atoms with Crippen LogP contribution in [0.3, 0.4) is 0 Å². The van der Waals surface area contributed by atoms with Gasteiger partial charge in [-0.05, 0) is 35.9 Å². The Hall–Kier alpha value is -1.85. The van der Waals surface area contributed by atoms with Gasteiger partial charge in [-0.25, -0.2) is 9.67 Å². The van der Waals surface area contributed by atoms with Crippen LogP contribution in [-0.4, -0.2) is 19.7 Å². The van der Waals surface area contributed by atoms with E-state index in [0.717, 1.165) is 5.69 Å². The van der Waals surface area contributed by atoms with Gasteiger partial charge in [0.25, 0.3) is 5.56 Å². The van der Waals surface area contributed by atoms with E-state index in [0.29, 0.717) is 16.1 Å². The SMILES string of the molecule is O=c1[nH]n(-c2ccc(Cl)cc2)c2nc(Cl)ncc12. The van der Waals surface area contributed by atoms with Crippen molar-refractivity contribution in [2.45, 2.75) is 0 Å². The summed E-state index contributed by atoms with van der Waals surface area (Å²) < 4.78 is 1.54. The lowest BCUT2D eigenvalue weighted by atomic mass is 10.3. The molecular weight excluding hydrogens is 275 g/mol. The number of hydrogen-bond acceptors (Lipinski definition) is 3. The zero-order valence-electron chi connectivity index (χ0n) is 8.89. The molecule has 18 heavy (non-hydrogen) atoms. The molecule has 2 aromatic heterocycles. The van der Waals surface area contributed by atoms with Crippen molar-refractivity contribution in [3.05, 3.63) is 51.1 Å². The molecule has 0 aliphatic carbocycles. The van der Waals surface area contributed by atoms with Crippen molar-refractivity contribution in [2.24, 2.45) is 0 Å². The molecule has 3 aromatic rings. The Kier molecular flexibility index (Phi) is 2.57. The molecule has 0 saturated carbocycles. The van der Waals surface area contributed by atoms with E-state index in [4.69, 9.17) is 23.2 Å². The standard InChI is InChI=1S/C11H6Cl2N4O/c12-6-1-3-7(4-2-6)17-9-8(10(18)16-17)5-14-11(13)15-9/h1-5H,(H,16,18). The molecule has 0 radical (unpaired) electrons. The first-order chi connectivity index (χ1) is 8.65. The molecule has 7 heteroatoms. The van der Waals surface area contributed by atoms with Crippen LogP contribution >= 0.6 is 23.2 Å². The van der Waals surface area contributed by atoms with Crippen molar-refractivity contribution < 1.29 is 0 Å². The number of rotatable bonds is 1. The second-order valence-corrected chi connectivity index (χ2v) is 4.40. The van der Waals surface area contributed by atoms with Gasteiger partial charge < -0.3 is 0 Å². The van der Waals surface area contributed by atoms with Crippen LogP contribution in [0.1, 0.15) is 0 Å². The molecule has 1 aromatic carbocycles. The monoisotopic (exact) mass is 280 g/mol. The van der Waals surface area contributed by atoms with Crippen LogP contribution in [0.5, 0.6) is 0 Å². The second kappa shape index (κ2) is 4.12. The number of fused-ring (bicyclic) bond motifs is 1. The van der Waals surface area contributed by atoms with Crippen molar-refractivity contribution in [3.63, 3.8) is 0 Å². The molecule has 0 spiro atoms. The van der Waals surface area contributed by atoms with Crippen molar-refractivity contribution in [2.75, 3.05) is 0 Å². The van der Waals surface area contributed by atoms with Crippen LogP contribution in [0.15, 0.2) is 35.3 Å². The van der Waals surface area contributed by atoms with E-state index in [1.54, 1.807) is 28.9 Å². The van der Waals surface area contributed by atoms with Crippen LogP contribution in [0.2, 0.25) is 10.3 Å². The summed E-state index contributed by atoms with van der Waals surface area (Å²) in [6.07, 6.45) is 1.40. The number of benzene rings is 1. The van der Waals surface area contributed by atoms with Gasteiger partial charge in [0.1, 0.15) is 5.39 Å². The molecule has 0 atom stereocenters. The lowest BCUT2D eigenvalue weighted by Gasteiger charge is -2.03. The van der Waals surface area contributed by atoms with E-state index in [-0.39, 0.29) is 10.8 Å². The van der Waals surface area contributed by atoms with Gasteiger partial charge in [-0.2, -0.15) is 4.98 Å². The molecule has 2 heterocycles. The molecule has 0 aliphatic rings. The Morgan fingerprint density at radius 3 is 2.61 bits per heavy atom. The van der Waals surface area contributed by atoms with Gasteiger partial charge in [0.05, 0.1) is 5.69 Å². The highest BCUT2D eigenvalue weighted by atomic mass is 35.5. The van der Waals surface area contributed by atoms with Crippen molar-refractivity contribution in [1.29, 1.82) is 0 Å². The van der Waals surface area contributed by atoms with Gasteiger partial charge >= 0.3 is 0 Å². The molecule has 0 aliphatic heterocycles. The van der Waals surface area contributed by atoms with Crippen LogP contribution in [0.4, 0.5) is 0 Å². The van der Waals surface area contributed by atoms with Crippen LogP contribution in [0, 0.1) is 0 Å². The molecule has 0 unspecified atom stereocenters. The predicted molar refractivity (Wildman–Crippen MR) is 69.5 cm³/mol. The van der Waals surface area contributed by atoms with Gasteiger partial charge in [-0.15, -0.1) is 0 Å². The summed E-state index contributed by atoms with van der Waals surface area (Å²) in [5.74, 6) is 0. The Bertz CT molecular complexity index is 776. The van der Waals surface area contributed by atoms with Crippen molar-refractivity contribution in [1.82, 2.24) is 19.7 Å². The summed E-state index contributed by atoms with van der Waals surface area (Å²) in [5, 5.41) is 3.76. The summed E-state index contributed by atoms with van der Waals surface area (Å²) >= 11 is 11.6. The molecular formula is C11H6Cl2N4O. The molecule has 90 valence electrons. The predicted octanol–water partition coefficient (Wildman–Crippen LogP) is 2.42. The second-order valence-electron chi connectivity index (χ2n) is 3.63. The summed E-state index contributed by atoms with van der Waals surface area (Å²) in [4.78, 5) is 19.6. The van der Waals surface area contributed by atoms with Crippen molar-refractivity contribution in [3.8, 4) is 5.69 Å². The highest BCUT2D eigenvalue weighted by molar-refractivity contribution is 6.30. The molecule has 0 bridgehead atoms. The van der Waals surface area contributed by atoms with E-state index in [1.807, 2.05) is 0 Å². The van der Waals surface area contributed by atoms with Crippen molar-refractivity contribution >= 4 is 34.2 Å². The van der Waals surface area contributed by atoms with Gasteiger partial charge in [-0.1, -0.05) is 11.6 Å². The number of H-pyrrole nitrogens is 1. The highest BCUT2D eigenvalue weighted by Crippen LogP contribution is 2.16. The number of aromatic amines is 1. The van der Waals surface area contributed by atoms with Crippen LogP contribution in [-0.2, 0) is 0 Å². The minimum Gasteiger partial charge on any atom is -0.267 e. The first kappa shape index (κ1) is 11.3. The highest BCUT2D eigenvalue weighted by Gasteiger charge is 2.10. The maximum absolute atomic E-state index is 11.7. The van der Waals surface area contributed by atoms with Gasteiger partial charge in [-0.3, -0.25) is 9.89 Å². The zero-order chi connectivity index (χ0) is 12.7. The largest absolute Gasteiger partial charge is 0.275 e. The average molecular weight is 281 g/mol. The molecule has 1 N–H and O–H groups in total. The first-order valence-electron chi connectivity index (χ1n) is 5.04. The number of nitrogens with zero attached hydrogens (tertiary/aromatic N) is 3. The van der Waals surface area contributed by atoms with E-state index < -0.39 is 0 Å². The summed E-state index contributed by atoms with van der Waals surface area (Å²) in [6.45, 7) is 0. The van der Waals surface area contributed by atoms with Gasteiger partial charge in [0.2, 0.25) is 5.28 Å². The fourth-order valence-corrected chi connectivity index (χ4v) is 1.93. The minimum absolute atomic E-state index is 0.0872. The number of halogens is 2. The fraction of sp³-hybridized carbons (Fsp3) is 0. The van der Waals surface area contributed by atoms with E-state index >= 15 is 0 Å². The van der Waals surface area contributed by atoms with E-state index in [2.05, 4.69) is 15.1 Å². The van der Waals surface area contributed by atoms with Crippen LogP contribution < -0.4 is 5.56 Å². The fourth-order valence-electron chi connectivity index (χ4n) is 1.67. The summed E-state index contributed by atoms with van der Waals surface area (Å²) in [7, 11) is 0. The lowest BCUT2D eigenvalue weighted by molar-refractivity contribution is 0.878. The van der Waals surface area contributed by atoms with Crippen LogP contribution in [0.25, 0.3) is 16.7 Å². The smallest absolute Gasteiger partial charge is 0.267 e. The normalized spacial score (nSPS) is 11.0. The zero-order valence-corrected chi connectivity index (χ0v) is 10.4. The Morgan fingerprint density at radius 1 is 1.17 bits per heavy atom. The Morgan fingerprint density at radius 2 is 1.89 bits per heavy atom. The maximum atomic E-state index is 11.7. The van der Waals surface area contributed by atoms with E-state index in [1.165, 1.54) is 6.20 Å². The number of aromatic nitrogens is 4. The number of hydrogen-bond donors (Lipinski definition) is 1. The molecule has 0 saturated heterocycles. The maximum Gasteiger partial charge on any atom is 0.275 e. The lowest BCUT2D eigenvalue weighted by Crippen LogP contribution is -2.03. The topological polar surface area (TPSA) is 63.6 Å². The minimum atomic E-state index is -0.267. The first-order valence-corrected chi connectivity index (χ1v) is 5.80.